The van der Waals surface area contributed by atoms with Gasteiger partial charge in [-0.15, -0.1) is 0 Å². The molecule has 1 aliphatic rings. The fraction of sp³-hybridized carbons (Fsp3) is 0.368. The highest BCUT2D eigenvalue weighted by Gasteiger charge is 2.17. The Morgan fingerprint density at radius 1 is 1.17 bits per heavy atom. The van der Waals surface area contributed by atoms with Crippen molar-refractivity contribution in [2.75, 3.05) is 13.2 Å². The van der Waals surface area contributed by atoms with E-state index in [1.807, 2.05) is 30.3 Å². The zero-order valence-corrected chi connectivity index (χ0v) is 14.8. The van der Waals surface area contributed by atoms with Gasteiger partial charge in [0.1, 0.15) is 31.5 Å². The minimum Gasteiger partial charge on any atom is -0.488 e. The summed E-state index contributed by atoms with van der Waals surface area (Å²) in [6.07, 6.45) is 2.79. The summed E-state index contributed by atoms with van der Waals surface area (Å²) in [6.45, 7) is 3.44. The molecule has 23 heavy (non-hydrogen) atoms. The molecule has 1 atom stereocenters. The summed E-state index contributed by atoms with van der Waals surface area (Å²) in [5, 5.41) is 2.31. The molecule has 0 spiro atoms. The molecule has 0 radical (unpaired) electrons. The lowest BCUT2D eigenvalue weighted by atomic mass is 10.2. The molecule has 1 fully saturated rings. The summed E-state index contributed by atoms with van der Waals surface area (Å²) in [5.41, 5.74) is 2.40. The van der Waals surface area contributed by atoms with Gasteiger partial charge >= 0.3 is 0 Å². The first-order valence-electron chi connectivity index (χ1n) is 8.19. The van der Waals surface area contributed by atoms with Crippen LogP contribution in [0.25, 0.3) is 0 Å². The number of rotatable bonds is 7. The van der Waals surface area contributed by atoms with E-state index in [-0.39, 0.29) is 0 Å². The van der Waals surface area contributed by atoms with Gasteiger partial charge in [-0.25, -0.2) is 0 Å². The third kappa shape index (κ3) is 5.06. The van der Waals surface area contributed by atoms with E-state index in [2.05, 4.69) is 39.4 Å². The van der Waals surface area contributed by atoms with Gasteiger partial charge in [0.25, 0.3) is 0 Å². The van der Waals surface area contributed by atoms with E-state index in [9.17, 15) is 0 Å². The van der Waals surface area contributed by atoms with Crippen molar-refractivity contribution in [1.82, 2.24) is 0 Å². The monoisotopic (exact) mass is 376 g/mol. The van der Waals surface area contributed by atoms with E-state index in [1.165, 1.54) is 24.0 Å². The van der Waals surface area contributed by atoms with Crippen molar-refractivity contribution in [3.8, 4) is 5.75 Å². The van der Waals surface area contributed by atoms with Crippen LogP contribution in [0.2, 0.25) is 0 Å². The van der Waals surface area contributed by atoms with Crippen LogP contribution in [0.15, 0.2) is 53.0 Å². The quantitative estimate of drug-likeness (QED) is 0.804. The molecule has 0 unspecified atom stereocenters. The minimum absolute atomic E-state index is 0.413. The molecule has 1 saturated heterocycles. The van der Waals surface area contributed by atoms with Gasteiger partial charge in [0.2, 0.25) is 0 Å². The predicted octanol–water partition coefficient (Wildman–Crippen LogP) is 3.27. The van der Waals surface area contributed by atoms with Crippen LogP contribution in [0.5, 0.6) is 5.75 Å². The number of nitrogens with two attached hydrogens (primary N) is 1. The van der Waals surface area contributed by atoms with E-state index >= 15 is 0 Å². The average Bonchev–Trinajstić information content (AvgIpc) is 3.08. The molecule has 3 nitrogen and oxygen atoms in total. The molecule has 2 aromatic rings. The van der Waals surface area contributed by atoms with Gasteiger partial charge < -0.3 is 14.8 Å². The van der Waals surface area contributed by atoms with Gasteiger partial charge in [-0.05, 0) is 36.6 Å². The van der Waals surface area contributed by atoms with Gasteiger partial charge in [0.15, 0.2) is 0 Å². The van der Waals surface area contributed by atoms with Crippen LogP contribution in [-0.4, -0.2) is 19.3 Å². The maximum atomic E-state index is 6.03. The molecule has 2 aromatic carbocycles. The lowest BCUT2D eigenvalue weighted by Gasteiger charge is -2.13. The van der Waals surface area contributed by atoms with Crippen LogP contribution < -0.4 is 10.1 Å². The maximum absolute atomic E-state index is 6.03. The smallest absolute Gasteiger partial charge is 0.128 e. The van der Waals surface area contributed by atoms with Crippen molar-refractivity contribution < 1.29 is 14.8 Å². The third-order valence-electron chi connectivity index (χ3n) is 4.08. The Kier molecular flexibility index (Phi) is 6.08. The summed E-state index contributed by atoms with van der Waals surface area (Å²) < 4.78 is 12.8. The highest BCUT2D eigenvalue weighted by Crippen LogP contribution is 2.23. The van der Waals surface area contributed by atoms with Gasteiger partial charge in [-0.2, -0.15) is 0 Å². The van der Waals surface area contributed by atoms with Crippen LogP contribution in [0.1, 0.15) is 24.0 Å². The van der Waals surface area contributed by atoms with Crippen LogP contribution in [-0.2, 0) is 17.9 Å². The summed E-state index contributed by atoms with van der Waals surface area (Å²) >= 11 is 3.56. The van der Waals surface area contributed by atoms with Crippen molar-refractivity contribution in [3.05, 3.63) is 64.1 Å². The van der Waals surface area contributed by atoms with Gasteiger partial charge in [0.05, 0.1) is 0 Å². The van der Waals surface area contributed by atoms with Gasteiger partial charge in [-0.3, -0.25) is 0 Å². The van der Waals surface area contributed by atoms with Crippen LogP contribution >= 0.6 is 15.9 Å². The first-order chi connectivity index (χ1) is 11.3. The second kappa shape index (κ2) is 8.48. The Hall–Kier alpha value is -1.36. The molecular weight excluding hydrogens is 354 g/mol. The fourth-order valence-corrected chi connectivity index (χ4v) is 3.25. The van der Waals surface area contributed by atoms with Crippen LogP contribution in [0, 0.1) is 0 Å². The van der Waals surface area contributed by atoms with Crippen molar-refractivity contribution >= 4 is 15.9 Å². The summed E-state index contributed by atoms with van der Waals surface area (Å²) in [5.74, 6) is 0.959. The Morgan fingerprint density at radius 3 is 2.83 bits per heavy atom. The Balaban J connectivity index is 1.58. The molecule has 0 aromatic heterocycles. The molecule has 4 heteroatoms. The average molecular weight is 377 g/mol. The molecule has 3 rings (SSSR count). The molecule has 0 amide bonds. The SMILES string of the molecule is Brc1ccc(OCc2ccccc2)c(C[NH2+]C[C@H]2CCCO2)c1. The highest BCUT2D eigenvalue weighted by atomic mass is 79.9. The van der Waals surface area contributed by atoms with Crippen molar-refractivity contribution in [1.29, 1.82) is 0 Å². The fourth-order valence-electron chi connectivity index (χ4n) is 2.84. The molecule has 0 bridgehead atoms. The summed E-state index contributed by atoms with van der Waals surface area (Å²) in [6, 6.07) is 16.5. The van der Waals surface area contributed by atoms with Crippen molar-refractivity contribution in [2.45, 2.75) is 32.1 Å². The van der Waals surface area contributed by atoms with Crippen molar-refractivity contribution in [3.63, 3.8) is 0 Å². The number of benzene rings is 2. The van der Waals surface area contributed by atoms with Gasteiger partial charge in [0, 0.05) is 16.6 Å². The zero-order valence-electron chi connectivity index (χ0n) is 13.2. The highest BCUT2D eigenvalue weighted by molar-refractivity contribution is 9.10. The standard InChI is InChI=1S/C19H22BrNO2/c20-17-8-9-19(23-14-15-5-2-1-3-6-15)16(11-17)12-21-13-18-7-4-10-22-18/h1-3,5-6,8-9,11,18,21H,4,7,10,12-14H2/p+1/t18-/m1/s1. The Labute approximate surface area is 146 Å². The van der Waals surface area contributed by atoms with E-state index in [0.717, 1.165) is 29.9 Å². The number of hydrogen-bond donors (Lipinski definition) is 1. The van der Waals surface area contributed by atoms with Crippen molar-refractivity contribution in [2.24, 2.45) is 0 Å². The zero-order chi connectivity index (χ0) is 15.9. The topological polar surface area (TPSA) is 35.1 Å². The van der Waals surface area contributed by atoms with Crippen LogP contribution in [0.3, 0.4) is 0 Å². The number of hydrogen-bond acceptors (Lipinski definition) is 2. The Morgan fingerprint density at radius 2 is 2.04 bits per heavy atom. The first kappa shape index (κ1) is 16.5. The number of halogens is 1. The van der Waals surface area contributed by atoms with Crippen LogP contribution in [0.4, 0.5) is 0 Å². The normalized spacial score (nSPS) is 17.3. The van der Waals surface area contributed by atoms with E-state index in [4.69, 9.17) is 9.47 Å². The Bertz CT molecular complexity index is 612. The minimum atomic E-state index is 0.413. The summed E-state index contributed by atoms with van der Waals surface area (Å²) in [7, 11) is 0. The lowest BCUT2D eigenvalue weighted by Crippen LogP contribution is -2.84. The molecule has 1 heterocycles. The first-order valence-corrected chi connectivity index (χ1v) is 8.99. The second-order valence-corrected chi connectivity index (χ2v) is 6.81. The molecule has 122 valence electrons. The molecule has 2 N–H and O–H groups in total. The maximum Gasteiger partial charge on any atom is 0.128 e. The third-order valence-corrected chi connectivity index (χ3v) is 4.57. The van der Waals surface area contributed by atoms with Gasteiger partial charge in [-0.1, -0.05) is 46.3 Å². The van der Waals surface area contributed by atoms with E-state index < -0.39 is 0 Å². The second-order valence-electron chi connectivity index (χ2n) is 5.89. The molecule has 1 aliphatic heterocycles. The number of ether oxygens (including phenoxy) is 2. The molecule has 0 aliphatic carbocycles. The van der Waals surface area contributed by atoms with E-state index in [0.29, 0.717) is 12.7 Å². The number of quaternary nitrogens is 1. The molecular formula is C19H23BrNO2+. The predicted molar refractivity (Wildman–Crippen MR) is 94.4 cm³/mol. The largest absolute Gasteiger partial charge is 0.488 e. The molecule has 0 saturated carbocycles. The summed E-state index contributed by atoms with van der Waals surface area (Å²) in [4.78, 5) is 0. The van der Waals surface area contributed by atoms with E-state index in [1.54, 1.807) is 0 Å². The lowest BCUT2D eigenvalue weighted by molar-refractivity contribution is -0.676.